The zero-order valence-electron chi connectivity index (χ0n) is 7.98. The maximum atomic E-state index is 4.35. The second kappa shape index (κ2) is 5.14. The van der Waals surface area contributed by atoms with Crippen molar-refractivity contribution in [3.05, 3.63) is 60.3 Å². The Balaban J connectivity index is 0.000000980. The number of aromatic nitrogens is 1. The monoisotopic (exact) mass is 363 g/mol. The fourth-order valence-corrected chi connectivity index (χ4v) is 1.44. The van der Waals surface area contributed by atoms with Gasteiger partial charge in [-0.25, -0.2) is 18.6 Å². The summed E-state index contributed by atoms with van der Waals surface area (Å²) in [5.41, 5.74) is 2.39. The van der Waals surface area contributed by atoms with Crippen LogP contribution in [0.3, 0.4) is 0 Å². The van der Waals surface area contributed by atoms with Gasteiger partial charge < -0.3 is 0 Å². The van der Waals surface area contributed by atoms with E-state index in [-0.39, 0.29) is 20.1 Å². The van der Waals surface area contributed by atoms with Crippen LogP contribution in [0.5, 0.6) is 0 Å². The first-order valence-electron chi connectivity index (χ1n) is 4.47. The summed E-state index contributed by atoms with van der Waals surface area (Å²) in [6.45, 7) is 2.09. The molecule has 0 fully saturated rings. The van der Waals surface area contributed by atoms with E-state index in [0.29, 0.717) is 5.92 Å². The van der Waals surface area contributed by atoms with Crippen molar-refractivity contribution in [3.63, 3.8) is 0 Å². The number of hydrogen-bond donors (Lipinski definition) is 0. The van der Waals surface area contributed by atoms with Gasteiger partial charge in [0.2, 0.25) is 0 Å². The maximum Gasteiger partial charge on any atom is 0.0344 e. The zero-order valence-corrected chi connectivity index (χ0v) is 10.4. The summed E-state index contributed by atoms with van der Waals surface area (Å²) in [5, 5.41) is 0. The molecule has 0 aliphatic heterocycles. The summed E-state index contributed by atoms with van der Waals surface area (Å²) in [4.78, 5) is 4.35. The first kappa shape index (κ1) is 11.2. The Morgan fingerprint density at radius 1 is 1.36 bits per heavy atom. The topological polar surface area (TPSA) is 12.9 Å². The third-order valence-electron chi connectivity index (χ3n) is 2.14. The zero-order chi connectivity index (χ0) is 9.10. The Kier molecular flexibility index (Phi) is 4.12. The van der Waals surface area contributed by atoms with E-state index >= 15 is 0 Å². The molecule has 2 rings (SSSR count). The first-order chi connectivity index (χ1) is 6.36. The number of nitrogens with zero attached hydrogens (tertiary/aromatic N) is 1. The second-order valence-electron chi connectivity index (χ2n) is 3.25. The van der Waals surface area contributed by atoms with Crippen molar-refractivity contribution >= 4 is 0 Å². The molecule has 1 aliphatic rings. The molecule has 1 aromatic rings. The fraction of sp³-hybridized carbons (Fsp3) is 0.167. The molecule has 1 unspecified atom stereocenters. The van der Waals surface area contributed by atoms with Gasteiger partial charge in [0.05, 0.1) is 0 Å². The second-order valence-corrected chi connectivity index (χ2v) is 3.25. The van der Waals surface area contributed by atoms with Crippen molar-refractivity contribution in [2.75, 3.05) is 0 Å². The molecule has 1 aliphatic carbocycles. The van der Waals surface area contributed by atoms with E-state index < -0.39 is 0 Å². The van der Waals surface area contributed by atoms with Crippen LogP contribution in [0.15, 0.2) is 42.6 Å². The Labute approximate surface area is 98.3 Å². The first-order valence-corrected chi connectivity index (χ1v) is 4.47. The van der Waals surface area contributed by atoms with Gasteiger partial charge >= 0.3 is 0 Å². The predicted molar refractivity (Wildman–Crippen MR) is 54.3 cm³/mol. The van der Waals surface area contributed by atoms with Crippen LogP contribution in [0.25, 0.3) is 0 Å². The molecule has 1 radical (unpaired) electrons. The Morgan fingerprint density at radius 2 is 2.21 bits per heavy atom. The van der Waals surface area contributed by atoms with Gasteiger partial charge in [-0.3, -0.25) is 4.98 Å². The standard InChI is InChI=1S/C12H12N.Ir/c1-10-7-8-13-12(9-10)11-5-3-2-4-6-11;/h2-9,11H,1H3;/q-1;. The van der Waals surface area contributed by atoms with Gasteiger partial charge in [0.25, 0.3) is 0 Å². The van der Waals surface area contributed by atoms with Gasteiger partial charge in [0, 0.05) is 32.0 Å². The Hall–Kier alpha value is -0.851. The molecular formula is C12H12IrN-. The minimum atomic E-state index is 0. The normalized spacial score (nSPS) is 18.5. The van der Waals surface area contributed by atoms with Crippen LogP contribution >= 0.6 is 0 Å². The van der Waals surface area contributed by atoms with Gasteiger partial charge in [-0.15, -0.1) is 12.2 Å². The maximum absolute atomic E-state index is 4.35. The van der Waals surface area contributed by atoms with Gasteiger partial charge in [-0.2, -0.15) is 0 Å². The molecule has 0 amide bonds. The Bertz CT molecular complexity index is 355. The van der Waals surface area contributed by atoms with Crippen LogP contribution in [0.2, 0.25) is 0 Å². The fourth-order valence-electron chi connectivity index (χ4n) is 1.44. The largest absolute Gasteiger partial charge is 0.262 e. The summed E-state index contributed by atoms with van der Waals surface area (Å²) >= 11 is 0. The summed E-state index contributed by atoms with van der Waals surface area (Å²) in [5.74, 6) is 0.352. The average Bonchev–Trinajstić information content (AvgIpc) is 2.19. The van der Waals surface area contributed by atoms with Crippen molar-refractivity contribution in [2.45, 2.75) is 12.8 Å². The minimum absolute atomic E-state index is 0. The molecular weight excluding hydrogens is 350 g/mol. The number of hydrogen-bond acceptors (Lipinski definition) is 1. The van der Waals surface area contributed by atoms with Crippen molar-refractivity contribution in [2.24, 2.45) is 0 Å². The molecule has 1 nitrogen and oxygen atoms in total. The van der Waals surface area contributed by atoms with Crippen LogP contribution in [0.4, 0.5) is 0 Å². The molecule has 0 saturated carbocycles. The van der Waals surface area contributed by atoms with Crippen LogP contribution in [0, 0.1) is 13.3 Å². The van der Waals surface area contributed by atoms with Crippen LogP contribution in [-0.2, 0) is 20.1 Å². The van der Waals surface area contributed by atoms with Gasteiger partial charge in [0.15, 0.2) is 0 Å². The molecule has 14 heavy (non-hydrogen) atoms. The molecule has 0 N–H and O–H groups in total. The summed E-state index contributed by atoms with van der Waals surface area (Å²) in [7, 11) is 0. The van der Waals surface area contributed by atoms with E-state index in [2.05, 4.69) is 42.6 Å². The molecule has 2 heteroatoms. The Morgan fingerprint density at radius 3 is 2.86 bits per heavy atom. The van der Waals surface area contributed by atoms with Crippen LogP contribution < -0.4 is 0 Å². The van der Waals surface area contributed by atoms with Crippen LogP contribution in [0.1, 0.15) is 17.2 Å². The number of aryl methyl sites for hydroxylation is 1. The molecule has 0 spiro atoms. The molecule has 0 saturated heterocycles. The summed E-state index contributed by atoms with van der Waals surface area (Å²) in [6, 6.07) is 4.15. The number of allylic oxidation sites excluding steroid dienone is 4. The third-order valence-corrected chi connectivity index (χ3v) is 2.14. The molecule has 0 bridgehead atoms. The summed E-state index contributed by atoms with van der Waals surface area (Å²) < 4.78 is 0. The van der Waals surface area contributed by atoms with E-state index in [4.69, 9.17) is 0 Å². The van der Waals surface area contributed by atoms with E-state index in [1.54, 1.807) is 0 Å². The van der Waals surface area contributed by atoms with Crippen molar-refractivity contribution in [1.82, 2.24) is 4.98 Å². The number of rotatable bonds is 1. The smallest absolute Gasteiger partial charge is 0.0344 e. The van der Waals surface area contributed by atoms with Crippen molar-refractivity contribution in [3.8, 4) is 0 Å². The molecule has 75 valence electrons. The minimum Gasteiger partial charge on any atom is -0.262 e. The van der Waals surface area contributed by atoms with Crippen molar-refractivity contribution < 1.29 is 20.1 Å². The van der Waals surface area contributed by atoms with Gasteiger partial charge in [-0.05, 0) is 30.5 Å². The summed E-state index contributed by atoms with van der Waals surface area (Å²) in [6.07, 6.45) is 12.3. The van der Waals surface area contributed by atoms with E-state index in [0.717, 1.165) is 5.69 Å². The molecule has 1 atom stereocenters. The van der Waals surface area contributed by atoms with E-state index in [9.17, 15) is 0 Å². The average molecular weight is 362 g/mol. The quantitative estimate of drug-likeness (QED) is 0.700. The van der Waals surface area contributed by atoms with Gasteiger partial charge in [-0.1, -0.05) is 0 Å². The SMILES string of the molecule is Cc1ccnc(C2C=CC=C[CH-]2)c1.[Ir]. The molecule has 1 heterocycles. The van der Waals surface area contributed by atoms with Crippen molar-refractivity contribution in [1.29, 1.82) is 0 Å². The predicted octanol–water partition coefficient (Wildman–Crippen LogP) is 2.80. The van der Waals surface area contributed by atoms with Crippen LogP contribution in [-0.4, -0.2) is 4.98 Å². The van der Waals surface area contributed by atoms with E-state index in [1.807, 2.05) is 18.3 Å². The van der Waals surface area contributed by atoms with Gasteiger partial charge in [0.1, 0.15) is 0 Å². The van der Waals surface area contributed by atoms with E-state index in [1.165, 1.54) is 5.56 Å². The third kappa shape index (κ3) is 2.57. The number of pyridine rings is 1. The molecule has 1 aromatic heterocycles. The molecule has 0 aromatic carbocycles.